The minimum absolute atomic E-state index is 0.376. The number of alkyl halides is 1. The van der Waals surface area contributed by atoms with E-state index in [1.54, 1.807) is 6.07 Å². The molecule has 3 aromatic rings. The fourth-order valence-corrected chi connectivity index (χ4v) is 3.27. The highest BCUT2D eigenvalue weighted by Crippen LogP contribution is 2.29. The second kappa shape index (κ2) is 5.89. The third kappa shape index (κ3) is 2.59. The summed E-state index contributed by atoms with van der Waals surface area (Å²) in [5.41, 5.74) is 10.0. The molecule has 0 saturated heterocycles. The minimum Gasteiger partial charge on any atom is -0.399 e. The molecule has 2 aromatic carbocycles. The number of nitrogens with zero attached hydrogens (tertiary/aromatic N) is 2. The van der Waals surface area contributed by atoms with E-state index in [0.29, 0.717) is 28.6 Å². The molecule has 0 aliphatic heterocycles. The summed E-state index contributed by atoms with van der Waals surface area (Å²) in [5, 5.41) is 0.699. The molecular formula is C16H14BrClFN3. The molecule has 0 saturated carbocycles. The fraction of sp³-hybridized carbons (Fsp3) is 0.188. The molecule has 0 bridgehead atoms. The van der Waals surface area contributed by atoms with Crippen molar-refractivity contribution in [2.45, 2.75) is 20.1 Å². The summed E-state index contributed by atoms with van der Waals surface area (Å²) in [6.07, 6.45) is 0. The van der Waals surface area contributed by atoms with Crippen molar-refractivity contribution < 1.29 is 4.39 Å². The van der Waals surface area contributed by atoms with Gasteiger partial charge in [-0.1, -0.05) is 23.7 Å². The van der Waals surface area contributed by atoms with Gasteiger partial charge in [0, 0.05) is 21.7 Å². The SMILES string of the molecule is Cc1c(Cl)cccc1Cn1c(CF)nc2c(Br)cc(N)cc21. The summed E-state index contributed by atoms with van der Waals surface area (Å²) in [4.78, 5) is 4.37. The predicted molar refractivity (Wildman–Crippen MR) is 91.9 cm³/mol. The normalized spacial score (nSPS) is 11.3. The Bertz CT molecular complexity index is 860. The van der Waals surface area contributed by atoms with Crippen molar-refractivity contribution in [3.05, 3.63) is 56.8 Å². The number of benzene rings is 2. The van der Waals surface area contributed by atoms with Crippen LogP contribution in [0.2, 0.25) is 5.02 Å². The van der Waals surface area contributed by atoms with E-state index >= 15 is 0 Å². The first kappa shape index (κ1) is 15.3. The van der Waals surface area contributed by atoms with E-state index in [1.807, 2.05) is 35.8 Å². The molecule has 114 valence electrons. The molecule has 0 spiro atoms. The molecule has 0 aliphatic carbocycles. The van der Waals surface area contributed by atoms with Gasteiger partial charge in [0.25, 0.3) is 0 Å². The Balaban J connectivity index is 2.19. The zero-order chi connectivity index (χ0) is 15.9. The van der Waals surface area contributed by atoms with Gasteiger partial charge in [-0.05, 0) is 52.2 Å². The van der Waals surface area contributed by atoms with Crippen LogP contribution in [0.5, 0.6) is 0 Å². The number of imidazole rings is 1. The van der Waals surface area contributed by atoms with Gasteiger partial charge in [-0.2, -0.15) is 0 Å². The molecule has 0 aliphatic rings. The highest BCUT2D eigenvalue weighted by Gasteiger charge is 2.15. The molecule has 6 heteroatoms. The maximum atomic E-state index is 13.4. The van der Waals surface area contributed by atoms with Crippen LogP contribution in [0, 0.1) is 6.92 Å². The summed E-state index contributed by atoms with van der Waals surface area (Å²) in [6.45, 7) is 1.81. The highest BCUT2D eigenvalue weighted by atomic mass is 79.9. The van der Waals surface area contributed by atoms with Crippen LogP contribution in [0.25, 0.3) is 11.0 Å². The van der Waals surface area contributed by atoms with Gasteiger partial charge in [0.15, 0.2) is 0 Å². The number of hydrogen-bond acceptors (Lipinski definition) is 2. The second-order valence-corrected chi connectivity index (χ2v) is 6.40. The fourth-order valence-electron chi connectivity index (χ4n) is 2.52. The first-order chi connectivity index (χ1) is 10.5. The summed E-state index contributed by atoms with van der Waals surface area (Å²) in [7, 11) is 0. The third-order valence-electron chi connectivity index (χ3n) is 3.74. The van der Waals surface area contributed by atoms with Gasteiger partial charge >= 0.3 is 0 Å². The zero-order valence-corrected chi connectivity index (χ0v) is 14.2. The Kier molecular flexibility index (Phi) is 4.10. The van der Waals surface area contributed by atoms with Crippen molar-refractivity contribution in [1.82, 2.24) is 9.55 Å². The van der Waals surface area contributed by atoms with E-state index in [1.165, 1.54) is 0 Å². The lowest BCUT2D eigenvalue weighted by Crippen LogP contribution is -2.05. The van der Waals surface area contributed by atoms with E-state index in [-0.39, 0.29) is 0 Å². The Morgan fingerprint density at radius 3 is 2.86 bits per heavy atom. The molecule has 0 fully saturated rings. The average Bonchev–Trinajstić information content (AvgIpc) is 2.82. The Hall–Kier alpha value is -1.59. The first-order valence-corrected chi connectivity index (χ1v) is 7.92. The summed E-state index contributed by atoms with van der Waals surface area (Å²) in [6, 6.07) is 9.30. The lowest BCUT2D eigenvalue weighted by atomic mass is 10.1. The largest absolute Gasteiger partial charge is 0.399 e. The number of rotatable bonds is 3. The first-order valence-electron chi connectivity index (χ1n) is 6.75. The molecule has 1 heterocycles. The predicted octanol–water partition coefficient (Wildman–Crippen LogP) is 4.86. The van der Waals surface area contributed by atoms with E-state index in [0.717, 1.165) is 21.1 Å². The van der Waals surface area contributed by atoms with E-state index in [9.17, 15) is 4.39 Å². The van der Waals surface area contributed by atoms with Crippen LogP contribution in [0.4, 0.5) is 10.1 Å². The van der Waals surface area contributed by atoms with E-state index in [4.69, 9.17) is 17.3 Å². The van der Waals surface area contributed by atoms with Gasteiger partial charge in [-0.15, -0.1) is 0 Å². The number of nitrogen functional groups attached to an aromatic ring is 1. The van der Waals surface area contributed by atoms with Crippen LogP contribution in [-0.4, -0.2) is 9.55 Å². The van der Waals surface area contributed by atoms with Crippen molar-refractivity contribution in [3.8, 4) is 0 Å². The highest BCUT2D eigenvalue weighted by molar-refractivity contribution is 9.10. The third-order valence-corrected chi connectivity index (χ3v) is 4.75. The van der Waals surface area contributed by atoms with Crippen LogP contribution in [0.1, 0.15) is 17.0 Å². The molecule has 3 rings (SSSR count). The average molecular weight is 383 g/mol. The maximum Gasteiger partial charge on any atom is 0.147 e. The second-order valence-electron chi connectivity index (χ2n) is 5.14. The number of hydrogen-bond donors (Lipinski definition) is 1. The lowest BCUT2D eigenvalue weighted by molar-refractivity contribution is 0.453. The van der Waals surface area contributed by atoms with Crippen molar-refractivity contribution >= 4 is 44.3 Å². The van der Waals surface area contributed by atoms with E-state index in [2.05, 4.69) is 20.9 Å². The van der Waals surface area contributed by atoms with Gasteiger partial charge in [-0.25, -0.2) is 9.37 Å². The van der Waals surface area contributed by atoms with Crippen LogP contribution in [-0.2, 0) is 13.2 Å². The number of halogens is 3. The monoisotopic (exact) mass is 381 g/mol. The number of aromatic nitrogens is 2. The number of fused-ring (bicyclic) bond motifs is 1. The molecule has 2 N–H and O–H groups in total. The topological polar surface area (TPSA) is 43.8 Å². The molecule has 3 nitrogen and oxygen atoms in total. The molecule has 0 amide bonds. The summed E-state index contributed by atoms with van der Waals surface area (Å²) in [5.74, 6) is 0.376. The van der Waals surface area contributed by atoms with E-state index < -0.39 is 6.67 Å². The molecule has 0 atom stereocenters. The standard InChI is InChI=1S/C16H14BrClFN3/c1-9-10(3-2-4-13(9)18)8-22-14-6-11(20)5-12(17)16(14)21-15(22)7-19/h2-6H,7-8,20H2,1H3. The van der Waals surface area contributed by atoms with Crippen LogP contribution < -0.4 is 5.73 Å². The zero-order valence-electron chi connectivity index (χ0n) is 11.9. The summed E-state index contributed by atoms with van der Waals surface area (Å²) < 4.78 is 16.0. The van der Waals surface area contributed by atoms with Gasteiger partial charge in [-0.3, -0.25) is 0 Å². The molecule has 0 unspecified atom stereocenters. The Labute approximate surface area is 141 Å². The smallest absolute Gasteiger partial charge is 0.147 e. The van der Waals surface area contributed by atoms with Crippen molar-refractivity contribution in [2.75, 3.05) is 5.73 Å². The maximum absolute atomic E-state index is 13.4. The van der Waals surface area contributed by atoms with Gasteiger partial charge in [0.2, 0.25) is 0 Å². The molecule has 1 aromatic heterocycles. The van der Waals surface area contributed by atoms with Crippen LogP contribution in [0.3, 0.4) is 0 Å². The quantitative estimate of drug-likeness (QED) is 0.657. The van der Waals surface area contributed by atoms with Crippen LogP contribution >= 0.6 is 27.5 Å². The van der Waals surface area contributed by atoms with Crippen LogP contribution in [0.15, 0.2) is 34.8 Å². The number of nitrogens with two attached hydrogens (primary N) is 1. The summed E-state index contributed by atoms with van der Waals surface area (Å²) >= 11 is 9.61. The lowest BCUT2D eigenvalue weighted by Gasteiger charge is -2.11. The van der Waals surface area contributed by atoms with Crippen molar-refractivity contribution in [2.24, 2.45) is 0 Å². The van der Waals surface area contributed by atoms with Gasteiger partial charge < -0.3 is 10.3 Å². The van der Waals surface area contributed by atoms with Crippen molar-refractivity contribution in [1.29, 1.82) is 0 Å². The molecular weight excluding hydrogens is 369 g/mol. The van der Waals surface area contributed by atoms with Gasteiger partial charge in [0.05, 0.1) is 5.52 Å². The minimum atomic E-state index is -0.638. The van der Waals surface area contributed by atoms with Crippen molar-refractivity contribution in [3.63, 3.8) is 0 Å². The molecule has 0 radical (unpaired) electrons. The number of anilines is 1. The molecule has 22 heavy (non-hydrogen) atoms. The van der Waals surface area contributed by atoms with Gasteiger partial charge in [0.1, 0.15) is 18.0 Å². The Morgan fingerprint density at radius 1 is 1.36 bits per heavy atom. The Morgan fingerprint density at radius 2 is 2.14 bits per heavy atom.